The second-order valence-corrected chi connectivity index (χ2v) is 9.10. The molecule has 1 saturated heterocycles. The molecule has 1 saturated carbocycles. The molecular weight excluding hydrogens is 402 g/mol. The van der Waals surface area contributed by atoms with Crippen LogP contribution in [0.15, 0.2) is 36.4 Å². The van der Waals surface area contributed by atoms with Crippen LogP contribution >= 0.6 is 0 Å². The van der Waals surface area contributed by atoms with Gasteiger partial charge in [0.2, 0.25) is 0 Å². The van der Waals surface area contributed by atoms with Crippen LogP contribution in [0, 0.1) is 11.3 Å². The molecule has 3 aliphatic rings. The molecule has 2 aliphatic heterocycles. The molecule has 0 aromatic heterocycles. The minimum atomic E-state index is -0.110. The van der Waals surface area contributed by atoms with Gasteiger partial charge in [0.15, 0.2) is 11.5 Å². The Balaban J connectivity index is 1.29. The second-order valence-electron chi connectivity index (χ2n) is 9.10. The highest BCUT2D eigenvalue weighted by atomic mass is 16.6. The Kier molecular flexibility index (Phi) is 6.20. The van der Waals surface area contributed by atoms with E-state index in [1.807, 2.05) is 30.3 Å². The van der Waals surface area contributed by atoms with Crippen molar-refractivity contribution in [3.05, 3.63) is 42.0 Å². The molecule has 5 rings (SSSR count). The summed E-state index contributed by atoms with van der Waals surface area (Å²) in [5.41, 5.74) is 3.64. The number of hydrogen-bond acceptors (Lipinski definition) is 6. The molecule has 6 nitrogen and oxygen atoms in total. The van der Waals surface area contributed by atoms with Gasteiger partial charge in [0.25, 0.3) is 0 Å². The molecule has 0 amide bonds. The number of rotatable bonds is 4. The Labute approximate surface area is 189 Å². The van der Waals surface area contributed by atoms with Gasteiger partial charge >= 0.3 is 0 Å². The number of nitrogens with zero attached hydrogens (tertiary/aromatic N) is 2. The van der Waals surface area contributed by atoms with Crippen molar-refractivity contribution in [3.63, 3.8) is 0 Å². The van der Waals surface area contributed by atoms with E-state index < -0.39 is 0 Å². The lowest BCUT2D eigenvalue weighted by Crippen LogP contribution is -2.47. The monoisotopic (exact) mass is 433 g/mol. The molecule has 1 aliphatic carbocycles. The number of fused-ring (bicyclic) bond motifs is 1. The molecule has 2 heterocycles. The predicted octanol–water partition coefficient (Wildman–Crippen LogP) is 3.86. The molecule has 6 heteroatoms. The number of anilines is 1. The third-order valence-electron chi connectivity index (χ3n) is 7.01. The summed E-state index contributed by atoms with van der Waals surface area (Å²) >= 11 is 0. The largest absolute Gasteiger partial charge is 0.486 e. The molecule has 2 fully saturated rings. The van der Waals surface area contributed by atoms with Gasteiger partial charge in [-0.1, -0.05) is 18.2 Å². The van der Waals surface area contributed by atoms with E-state index in [4.69, 9.17) is 9.47 Å². The van der Waals surface area contributed by atoms with Gasteiger partial charge in [-0.3, -0.25) is 0 Å². The standard InChI is InChI=1S/C26H31N3O3/c27-17-23-22(18-4-9-25-26(16-18)32-15-14-31-25)2-1-3-24(23)29-12-10-20(11-13-29)28-19-5-7-21(30)8-6-19/h1-4,9,16,19-21,28,30H,5-8,10-15H2/t19-,21-. The summed E-state index contributed by atoms with van der Waals surface area (Å²) in [6.07, 6.45) is 5.98. The number of nitriles is 1. The summed E-state index contributed by atoms with van der Waals surface area (Å²) in [6, 6.07) is 15.5. The molecule has 0 radical (unpaired) electrons. The van der Waals surface area contributed by atoms with Crippen molar-refractivity contribution in [2.45, 2.75) is 56.7 Å². The molecule has 2 aromatic carbocycles. The number of piperidine rings is 1. The Morgan fingerprint density at radius 1 is 0.906 bits per heavy atom. The van der Waals surface area contributed by atoms with Crippen LogP contribution in [0.25, 0.3) is 11.1 Å². The first kappa shape index (κ1) is 21.1. The van der Waals surface area contributed by atoms with Crippen molar-refractivity contribution in [3.8, 4) is 28.7 Å². The van der Waals surface area contributed by atoms with Crippen molar-refractivity contribution < 1.29 is 14.6 Å². The third-order valence-corrected chi connectivity index (χ3v) is 7.01. The number of ether oxygens (including phenoxy) is 2. The maximum atomic E-state index is 10.1. The van der Waals surface area contributed by atoms with E-state index in [0.29, 0.717) is 25.3 Å². The Hall–Kier alpha value is -2.75. The van der Waals surface area contributed by atoms with E-state index in [1.54, 1.807) is 0 Å². The summed E-state index contributed by atoms with van der Waals surface area (Å²) in [5, 5.41) is 23.6. The first-order chi connectivity index (χ1) is 15.7. The fourth-order valence-electron chi connectivity index (χ4n) is 5.24. The van der Waals surface area contributed by atoms with Crippen LogP contribution in [0.4, 0.5) is 5.69 Å². The van der Waals surface area contributed by atoms with Gasteiger partial charge in [0, 0.05) is 30.7 Å². The first-order valence-corrected chi connectivity index (χ1v) is 11.8. The van der Waals surface area contributed by atoms with Crippen LogP contribution < -0.4 is 19.7 Å². The third kappa shape index (κ3) is 4.41. The molecule has 168 valence electrons. The molecule has 0 spiro atoms. The lowest BCUT2D eigenvalue weighted by atomic mass is 9.91. The Morgan fingerprint density at radius 2 is 1.62 bits per heavy atom. The number of aliphatic hydroxyl groups excluding tert-OH is 1. The maximum absolute atomic E-state index is 10.1. The number of aliphatic hydroxyl groups is 1. The molecule has 2 N–H and O–H groups in total. The van der Waals surface area contributed by atoms with Gasteiger partial charge in [0.1, 0.15) is 19.3 Å². The lowest BCUT2D eigenvalue weighted by Gasteiger charge is -2.37. The number of hydrogen-bond donors (Lipinski definition) is 2. The Bertz CT molecular complexity index is 986. The normalized spacial score (nSPS) is 23.6. The van der Waals surface area contributed by atoms with Crippen molar-refractivity contribution in [1.29, 1.82) is 5.26 Å². The second kappa shape index (κ2) is 9.40. The molecule has 0 atom stereocenters. The van der Waals surface area contributed by atoms with Gasteiger partial charge in [-0.15, -0.1) is 0 Å². The SMILES string of the molecule is N#Cc1c(-c2ccc3c(c2)OCCO3)cccc1N1CCC(N[C@H]2CC[C@H](O)CC2)CC1. The van der Waals surface area contributed by atoms with Crippen LogP contribution in [0.1, 0.15) is 44.1 Å². The van der Waals surface area contributed by atoms with Crippen LogP contribution in [0.2, 0.25) is 0 Å². The fourth-order valence-corrected chi connectivity index (χ4v) is 5.24. The summed E-state index contributed by atoms with van der Waals surface area (Å²) in [6.45, 7) is 2.99. The molecule has 2 aromatic rings. The van der Waals surface area contributed by atoms with Crippen LogP contribution in [0.3, 0.4) is 0 Å². The van der Waals surface area contributed by atoms with Crippen LogP contribution in [0.5, 0.6) is 11.5 Å². The Morgan fingerprint density at radius 3 is 2.38 bits per heavy atom. The van der Waals surface area contributed by atoms with Crippen molar-refractivity contribution >= 4 is 5.69 Å². The zero-order chi connectivity index (χ0) is 21.9. The van der Waals surface area contributed by atoms with E-state index >= 15 is 0 Å². The highest BCUT2D eigenvalue weighted by molar-refractivity contribution is 5.79. The van der Waals surface area contributed by atoms with Crippen molar-refractivity contribution in [2.75, 3.05) is 31.2 Å². The zero-order valence-corrected chi connectivity index (χ0v) is 18.4. The van der Waals surface area contributed by atoms with E-state index in [-0.39, 0.29) is 6.10 Å². The van der Waals surface area contributed by atoms with Crippen LogP contribution in [-0.2, 0) is 0 Å². The minimum absolute atomic E-state index is 0.110. The molecular formula is C26H31N3O3. The van der Waals surface area contributed by atoms with Gasteiger partial charge in [0.05, 0.1) is 17.4 Å². The molecule has 0 unspecified atom stereocenters. The smallest absolute Gasteiger partial charge is 0.161 e. The van der Waals surface area contributed by atoms with Gasteiger partial charge < -0.3 is 24.8 Å². The average Bonchev–Trinajstić information content (AvgIpc) is 2.85. The summed E-state index contributed by atoms with van der Waals surface area (Å²) in [5.74, 6) is 1.50. The van der Waals surface area contributed by atoms with E-state index in [2.05, 4.69) is 22.4 Å². The average molecular weight is 434 g/mol. The molecule has 32 heavy (non-hydrogen) atoms. The van der Waals surface area contributed by atoms with Crippen molar-refractivity contribution in [2.24, 2.45) is 0 Å². The lowest BCUT2D eigenvalue weighted by molar-refractivity contribution is 0.113. The summed E-state index contributed by atoms with van der Waals surface area (Å²) in [4.78, 5) is 2.35. The predicted molar refractivity (Wildman–Crippen MR) is 124 cm³/mol. The van der Waals surface area contributed by atoms with Crippen molar-refractivity contribution in [1.82, 2.24) is 5.32 Å². The first-order valence-electron chi connectivity index (χ1n) is 11.8. The highest BCUT2D eigenvalue weighted by Gasteiger charge is 2.26. The zero-order valence-electron chi connectivity index (χ0n) is 18.4. The van der Waals surface area contributed by atoms with E-state index in [0.717, 1.165) is 85.5 Å². The van der Waals surface area contributed by atoms with Crippen LogP contribution in [-0.4, -0.2) is 49.6 Å². The topological polar surface area (TPSA) is 77.8 Å². The summed E-state index contributed by atoms with van der Waals surface area (Å²) in [7, 11) is 0. The van der Waals surface area contributed by atoms with E-state index in [1.165, 1.54) is 0 Å². The van der Waals surface area contributed by atoms with Gasteiger partial charge in [-0.2, -0.15) is 5.26 Å². The minimum Gasteiger partial charge on any atom is -0.486 e. The quantitative estimate of drug-likeness (QED) is 0.763. The van der Waals surface area contributed by atoms with Gasteiger partial charge in [-0.25, -0.2) is 0 Å². The molecule has 0 bridgehead atoms. The van der Waals surface area contributed by atoms with Gasteiger partial charge in [-0.05, 0) is 62.3 Å². The van der Waals surface area contributed by atoms with E-state index in [9.17, 15) is 10.4 Å². The fraction of sp³-hybridized carbons (Fsp3) is 0.500. The maximum Gasteiger partial charge on any atom is 0.161 e. The summed E-state index contributed by atoms with van der Waals surface area (Å²) < 4.78 is 11.4. The highest BCUT2D eigenvalue weighted by Crippen LogP contribution is 2.38. The number of benzene rings is 2. The number of nitrogens with one attached hydrogen (secondary N) is 1.